The Hall–Kier alpha value is -2.53. The van der Waals surface area contributed by atoms with Gasteiger partial charge in [0.05, 0.1) is 18.6 Å². The molecule has 154 valence electrons. The molecule has 2 N–H and O–H groups in total. The monoisotopic (exact) mass is 407 g/mol. The van der Waals surface area contributed by atoms with Gasteiger partial charge in [-0.2, -0.15) is 13.2 Å². The topological polar surface area (TPSA) is 78.6 Å². The van der Waals surface area contributed by atoms with Gasteiger partial charge in [-0.15, -0.1) is 0 Å². The lowest BCUT2D eigenvalue weighted by Crippen LogP contribution is -2.42. The summed E-state index contributed by atoms with van der Waals surface area (Å²) in [5.74, 6) is -4.45. The minimum atomic E-state index is -5.08. The van der Waals surface area contributed by atoms with Gasteiger partial charge in [0.2, 0.25) is 0 Å². The van der Waals surface area contributed by atoms with Gasteiger partial charge in [-0.05, 0) is 17.7 Å². The predicted molar refractivity (Wildman–Crippen MR) is 87.1 cm³/mol. The van der Waals surface area contributed by atoms with Crippen LogP contribution < -0.4 is 0 Å². The Kier molecular flexibility index (Phi) is 6.73. The SMILES string of the molecule is Cn1cnc2c1CC(CO)N(Cc1ccc(F)c(F)c1)C2.O=C(O)C(F)(F)F. The van der Waals surface area contributed by atoms with E-state index in [1.165, 1.54) is 6.07 Å². The van der Waals surface area contributed by atoms with Crippen LogP contribution in [0.1, 0.15) is 17.0 Å². The van der Waals surface area contributed by atoms with Crippen molar-refractivity contribution in [2.75, 3.05) is 6.61 Å². The fraction of sp³-hybridized carbons (Fsp3) is 0.412. The van der Waals surface area contributed by atoms with Gasteiger partial charge < -0.3 is 14.8 Å². The summed E-state index contributed by atoms with van der Waals surface area (Å²) in [4.78, 5) is 15.3. The third kappa shape index (κ3) is 5.26. The van der Waals surface area contributed by atoms with Crippen molar-refractivity contribution in [2.24, 2.45) is 7.05 Å². The summed E-state index contributed by atoms with van der Waals surface area (Å²) in [5, 5.41) is 16.7. The lowest BCUT2D eigenvalue weighted by atomic mass is 10.0. The Morgan fingerprint density at radius 2 is 1.93 bits per heavy atom. The molecule has 0 spiro atoms. The van der Waals surface area contributed by atoms with Crippen molar-refractivity contribution in [3.8, 4) is 0 Å². The summed E-state index contributed by atoms with van der Waals surface area (Å²) in [6.07, 6.45) is -2.62. The molecule has 2 aromatic rings. The van der Waals surface area contributed by atoms with Crippen LogP contribution in [0.4, 0.5) is 22.0 Å². The van der Waals surface area contributed by atoms with Crippen LogP contribution in [-0.4, -0.2) is 49.5 Å². The molecule has 0 saturated carbocycles. The Morgan fingerprint density at radius 3 is 2.46 bits per heavy atom. The van der Waals surface area contributed by atoms with Crippen molar-refractivity contribution in [2.45, 2.75) is 31.7 Å². The van der Waals surface area contributed by atoms with Gasteiger partial charge in [-0.3, -0.25) is 4.90 Å². The molecule has 0 aliphatic carbocycles. The van der Waals surface area contributed by atoms with Gasteiger partial charge in [0, 0.05) is 38.3 Å². The smallest absolute Gasteiger partial charge is 0.475 e. The zero-order valence-corrected chi connectivity index (χ0v) is 14.7. The van der Waals surface area contributed by atoms with Crippen LogP contribution in [0.5, 0.6) is 0 Å². The second-order valence-electron chi connectivity index (χ2n) is 6.25. The quantitative estimate of drug-likeness (QED) is 0.764. The number of aromatic nitrogens is 2. The van der Waals surface area contributed by atoms with E-state index in [9.17, 15) is 27.1 Å². The third-order valence-electron chi connectivity index (χ3n) is 4.27. The van der Waals surface area contributed by atoms with Gasteiger partial charge in [-0.1, -0.05) is 6.07 Å². The number of rotatable bonds is 3. The first kappa shape index (κ1) is 21.8. The van der Waals surface area contributed by atoms with Crippen LogP contribution >= 0.6 is 0 Å². The normalized spacial score (nSPS) is 16.9. The molecule has 0 radical (unpaired) electrons. The fourth-order valence-electron chi connectivity index (χ4n) is 2.81. The Morgan fingerprint density at radius 1 is 1.29 bits per heavy atom. The summed E-state index contributed by atoms with van der Waals surface area (Å²) in [5.41, 5.74) is 2.78. The number of alkyl halides is 3. The molecule has 6 nitrogen and oxygen atoms in total. The first-order valence-electron chi connectivity index (χ1n) is 8.11. The summed E-state index contributed by atoms with van der Waals surface area (Å²) >= 11 is 0. The summed E-state index contributed by atoms with van der Waals surface area (Å²) < 4.78 is 60.0. The molecule has 1 aliphatic rings. The average molecular weight is 407 g/mol. The highest BCUT2D eigenvalue weighted by Crippen LogP contribution is 2.24. The summed E-state index contributed by atoms with van der Waals surface area (Å²) in [6, 6.07) is 3.87. The number of imidazole rings is 1. The number of aliphatic carboxylic acids is 1. The van der Waals surface area contributed by atoms with E-state index >= 15 is 0 Å². The minimum Gasteiger partial charge on any atom is -0.475 e. The molecule has 0 fully saturated rings. The van der Waals surface area contributed by atoms with E-state index in [1.807, 2.05) is 16.5 Å². The largest absolute Gasteiger partial charge is 0.490 e. The second kappa shape index (κ2) is 8.65. The molecule has 3 rings (SSSR count). The fourth-order valence-corrected chi connectivity index (χ4v) is 2.81. The molecule has 11 heteroatoms. The summed E-state index contributed by atoms with van der Waals surface area (Å²) in [7, 11) is 1.94. The number of aryl methyl sites for hydroxylation is 1. The highest BCUT2D eigenvalue weighted by Gasteiger charge is 2.38. The van der Waals surface area contributed by atoms with Crippen molar-refractivity contribution in [1.82, 2.24) is 14.5 Å². The van der Waals surface area contributed by atoms with Gasteiger partial charge in [0.15, 0.2) is 11.6 Å². The van der Waals surface area contributed by atoms with Gasteiger partial charge in [0.25, 0.3) is 0 Å². The molecule has 0 bridgehead atoms. The zero-order chi connectivity index (χ0) is 21.1. The van der Waals surface area contributed by atoms with Crippen molar-refractivity contribution in [3.63, 3.8) is 0 Å². The number of nitrogens with zero attached hydrogens (tertiary/aromatic N) is 3. The van der Waals surface area contributed by atoms with Crippen molar-refractivity contribution in [3.05, 3.63) is 53.1 Å². The number of fused-ring (bicyclic) bond motifs is 1. The number of aliphatic hydroxyl groups is 1. The highest BCUT2D eigenvalue weighted by molar-refractivity contribution is 5.73. The molecule has 1 unspecified atom stereocenters. The van der Waals surface area contributed by atoms with E-state index < -0.39 is 23.8 Å². The van der Waals surface area contributed by atoms with Crippen LogP contribution in [0.3, 0.4) is 0 Å². The van der Waals surface area contributed by atoms with E-state index in [0.29, 0.717) is 25.1 Å². The molecule has 2 heterocycles. The number of aliphatic hydroxyl groups excluding tert-OH is 1. The van der Waals surface area contributed by atoms with E-state index in [4.69, 9.17) is 9.90 Å². The standard InChI is InChI=1S/C15H17F2N3O.C2HF3O2/c1-19-9-18-14-7-20(11(8-21)5-15(14)19)6-10-2-3-12(16)13(17)4-10;3-2(4,5)1(6)7/h2-4,9,11,21H,5-8H2,1H3;(H,6,7). The first-order valence-corrected chi connectivity index (χ1v) is 8.11. The maximum atomic E-state index is 13.3. The van der Waals surface area contributed by atoms with Crippen LogP contribution in [-0.2, 0) is 31.4 Å². The molecule has 0 saturated heterocycles. The van der Waals surface area contributed by atoms with Crippen LogP contribution in [0.25, 0.3) is 0 Å². The minimum absolute atomic E-state index is 0.0221. The van der Waals surface area contributed by atoms with Crippen LogP contribution in [0.15, 0.2) is 24.5 Å². The zero-order valence-electron chi connectivity index (χ0n) is 14.7. The number of benzene rings is 1. The van der Waals surface area contributed by atoms with Gasteiger partial charge in [-0.25, -0.2) is 18.6 Å². The van der Waals surface area contributed by atoms with Gasteiger partial charge >= 0.3 is 12.1 Å². The molecule has 1 aromatic heterocycles. The summed E-state index contributed by atoms with van der Waals surface area (Å²) in [6.45, 7) is 1.08. The maximum Gasteiger partial charge on any atom is 0.490 e. The van der Waals surface area contributed by atoms with Crippen LogP contribution in [0.2, 0.25) is 0 Å². The van der Waals surface area contributed by atoms with Crippen molar-refractivity contribution >= 4 is 5.97 Å². The number of carbonyl (C=O) groups is 1. The lowest BCUT2D eigenvalue weighted by molar-refractivity contribution is -0.192. The van der Waals surface area contributed by atoms with E-state index in [0.717, 1.165) is 17.5 Å². The van der Waals surface area contributed by atoms with Crippen molar-refractivity contribution < 1.29 is 37.0 Å². The molecule has 0 amide bonds. The first-order chi connectivity index (χ1) is 13.0. The van der Waals surface area contributed by atoms with E-state index in [2.05, 4.69) is 4.98 Å². The van der Waals surface area contributed by atoms with Gasteiger partial charge in [0.1, 0.15) is 0 Å². The Labute approximate surface area is 156 Å². The number of hydrogen-bond acceptors (Lipinski definition) is 4. The molecular weight excluding hydrogens is 389 g/mol. The number of carboxylic acid groups (broad SMARTS) is 1. The molecule has 1 aliphatic heterocycles. The Balaban J connectivity index is 0.000000345. The predicted octanol–water partition coefficient (Wildman–Crippen LogP) is 2.25. The lowest BCUT2D eigenvalue weighted by Gasteiger charge is -2.34. The number of hydrogen-bond donors (Lipinski definition) is 2. The maximum absolute atomic E-state index is 13.3. The molecular formula is C17H18F5N3O3. The van der Waals surface area contributed by atoms with E-state index in [-0.39, 0.29) is 12.6 Å². The third-order valence-corrected chi connectivity index (χ3v) is 4.27. The molecule has 1 aromatic carbocycles. The van der Waals surface area contributed by atoms with Crippen molar-refractivity contribution in [1.29, 1.82) is 0 Å². The number of halogens is 5. The van der Waals surface area contributed by atoms with Crippen LogP contribution in [0, 0.1) is 11.6 Å². The molecule has 28 heavy (non-hydrogen) atoms. The highest BCUT2D eigenvalue weighted by atomic mass is 19.4. The second-order valence-corrected chi connectivity index (χ2v) is 6.25. The number of carboxylic acids is 1. The average Bonchev–Trinajstić information content (AvgIpc) is 2.97. The molecule has 1 atom stereocenters. The van der Waals surface area contributed by atoms with E-state index in [1.54, 1.807) is 12.4 Å². The Bertz CT molecular complexity index is 838.